The summed E-state index contributed by atoms with van der Waals surface area (Å²) in [6, 6.07) is 6.88. The van der Waals surface area contributed by atoms with Gasteiger partial charge in [0.05, 0.1) is 5.69 Å². The summed E-state index contributed by atoms with van der Waals surface area (Å²) in [6.45, 7) is 4.36. The molecule has 4 nitrogen and oxygen atoms in total. The van der Waals surface area contributed by atoms with Crippen LogP contribution in [0.3, 0.4) is 0 Å². The van der Waals surface area contributed by atoms with E-state index < -0.39 is 0 Å². The van der Waals surface area contributed by atoms with Crippen LogP contribution in [-0.4, -0.2) is 32.3 Å². The second-order valence-corrected chi connectivity index (χ2v) is 6.39. The van der Waals surface area contributed by atoms with Crippen LogP contribution in [0, 0.1) is 6.92 Å². The molecule has 0 aliphatic carbocycles. The molecular weight excluding hydrogens is 272 g/mol. The van der Waals surface area contributed by atoms with E-state index in [0.29, 0.717) is 6.04 Å². The molecule has 0 N–H and O–H groups in total. The van der Waals surface area contributed by atoms with Gasteiger partial charge < -0.3 is 0 Å². The number of aryl methyl sites for hydroxylation is 3. The second kappa shape index (κ2) is 7.05. The van der Waals surface area contributed by atoms with Crippen LogP contribution in [-0.2, 0) is 20.0 Å². The van der Waals surface area contributed by atoms with E-state index in [4.69, 9.17) is 0 Å². The Morgan fingerprint density at radius 1 is 1.27 bits per heavy atom. The van der Waals surface area contributed by atoms with E-state index in [1.54, 1.807) is 0 Å². The van der Waals surface area contributed by atoms with Crippen molar-refractivity contribution in [2.45, 2.75) is 51.6 Å². The summed E-state index contributed by atoms with van der Waals surface area (Å²) < 4.78 is 1.93. The van der Waals surface area contributed by atoms with Crippen molar-refractivity contribution in [1.82, 2.24) is 19.7 Å². The molecule has 4 heteroatoms. The number of nitrogens with zero attached hydrogens (tertiary/aromatic N) is 4. The number of aromatic nitrogens is 3. The van der Waals surface area contributed by atoms with E-state index >= 15 is 0 Å². The normalized spacial score (nSPS) is 19.5. The minimum atomic E-state index is 0.676. The lowest BCUT2D eigenvalue weighted by molar-refractivity contribution is 0.132. The minimum absolute atomic E-state index is 0.676. The average Bonchev–Trinajstić information content (AvgIpc) is 2.85. The molecule has 1 saturated heterocycles. The molecule has 1 atom stereocenters. The third-order valence-electron chi connectivity index (χ3n) is 4.70. The Labute approximate surface area is 133 Å². The summed E-state index contributed by atoms with van der Waals surface area (Å²) >= 11 is 0. The van der Waals surface area contributed by atoms with Gasteiger partial charge >= 0.3 is 0 Å². The number of hydrogen-bond acceptors (Lipinski definition) is 3. The highest BCUT2D eigenvalue weighted by Gasteiger charge is 2.23. The Morgan fingerprint density at radius 2 is 2.18 bits per heavy atom. The maximum absolute atomic E-state index is 4.48. The summed E-state index contributed by atoms with van der Waals surface area (Å²) in [7, 11) is 2.01. The number of rotatable bonds is 5. The third kappa shape index (κ3) is 3.74. The van der Waals surface area contributed by atoms with Gasteiger partial charge in [-0.1, -0.05) is 12.5 Å². The fourth-order valence-corrected chi connectivity index (χ4v) is 3.48. The predicted octanol–water partition coefficient (Wildman–Crippen LogP) is 3.11. The van der Waals surface area contributed by atoms with Crippen molar-refractivity contribution < 1.29 is 0 Å². The lowest BCUT2D eigenvalue weighted by atomic mass is 9.96. The van der Waals surface area contributed by atoms with Gasteiger partial charge in [0.15, 0.2) is 0 Å². The maximum Gasteiger partial charge on any atom is 0.0638 e. The Hall–Kier alpha value is -1.68. The number of pyridine rings is 1. The standard InChI is InChI=1S/C18H26N4/c1-15-16(13-21(2)20-15)14-22-12-6-4-8-18(22)10-9-17-7-3-5-11-19-17/h3,5,7,11,13,18H,4,6,8-10,12,14H2,1-2H3/t18-/m0/s1. The van der Waals surface area contributed by atoms with Crippen LogP contribution in [0.15, 0.2) is 30.6 Å². The first kappa shape index (κ1) is 15.2. The molecular formula is C18H26N4. The summed E-state index contributed by atoms with van der Waals surface area (Å²) in [6.07, 6.45) is 10.3. The molecule has 0 saturated carbocycles. The van der Waals surface area contributed by atoms with Crippen molar-refractivity contribution in [3.05, 3.63) is 47.5 Å². The zero-order valence-corrected chi connectivity index (χ0v) is 13.7. The van der Waals surface area contributed by atoms with E-state index in [2.05, 4.69) is 40.2 Å². The number of likely N-dealkylation sites (tertiary alicyclic amines) is 1. The van der Waals surface area contributed by atoms with Gasteiger partial charge in [0, 0.05) is 43.3 Å². The van der Waals surface area contributed by atoms with Gasteiger partial charge in [0.25, 0.3) is 0 Å². The molecule has 0 aromatic carbocycles. The molecule has 1 fully saturated rings. The largest absolute Gasteiger partial charge is 0.296 e. The lowest BCUT2D eigenvalue weighted by Crippen LogP contribution is -2.39. The van der Waals surface area contributed by atoms with Crippen LogP contribution in [0.1, 0.15) is 42.6 Å². The van der Waals surface area contributed by atoms with E-state index in [-0.39, 0.29) is 0 Å². The van der Waals surface area contributed by atoms with Crippen molar-refractivity contribution in [2.24, 2.45) is 7.05 Å². The average molecular weight is 298 g/mol. The van der Waals surface area contributed by atoms with Gasteiger partial charge in [0.2, 0.25) is 0 Å². The highest BCUT2D eigenvalue weighted by atomic mass is 15.3. The molecule has 2 aromatic heterocycles. The van der Waals surface area contributed by atoms with Gasteiger partial charge in [-0.3, -0.25) is 14.6 Å². The van der Waals surface area contributed by atoms with Gasteiger partial charge in [0.1, 0.15) is 0 Å². The summed E-state index contributed by atoms with van der Waals surface area (Å²) in [5.41, 5.74) is 3.74. The van der Waals surface area contributed by atoms with Crippen LogP contribution in [0.5, 0.6) is 0 Å². The van der Waals surface area contributed by atoms with Crippen molar-refractivity contribution >= 4 is 0 Å². The van der Waals surface area contributed by atoms with Crippen molar-refractivity contribution in [3.63, 3.8) is 0 Å². The molecule has 0 spiro atoms. The first-order valence-corrected chi connectivity index (χ1v) is 8.35. The fourth-order valence-electron chi connectivity index (χ4n) is 3.48. The molecule has 0 unspecified atom stereocenters. The highest BCUT2D eigenvalue weighted by molar-refractivity contribution is 5.15. The van der Waals surface area contributed by atoms with Crippen molar-refractivity contribution in [2.75, 3.05) is 6.54 Å². The smallest absolute Gasteiger partial charge is 0.0638 e. The van der Waals surface area contributed by atoms with Crippen molar-refractivity contribution in [1.29, 1.82) is 0 Å². The van der Waals surface area contributed by atoms with Crippen molar-refractivity contribution in [3.8, 4) is 0 Å². The van der Waals surface area contributed by atoms with Crippen LogP contribution in [0.2, 0.25) is 0 Å². The van der Waals surface area contributed by atoms with Crippen LogP contribution >= 0.6 is 0 Å². The van der Waals surface area contributed by atoms with Crippen LogP contribution < -0.4 is 0 Å². The molecule has 3 rings (SSSR count). The molecule has 1 aliphatic heterocycles. The Kier molecular flexibility index (Phi) is 4.88. The molecule has 2 aromatic rings. The molecule has 3 heterocycles. The molecule has 22 heavy (non-hydrogen) atoms. The van der Waals surface area contributed by atoms with E-state index in [0.717, 1.165) is 18.7 Å². The summed E-state index contributed by atoms with van der Waals surface area (Å²) in [5, 5.41) is 4.48. The fraction of sp³-hybridized carbons (Fsp3) is 0.556. The molecule has 0 radical (unpaired) electrons. The third-order valence-corrected chi connectivity index (χ3v) is 4.70. The number of hydrogen-bond donors (Lipinski definition) is 0. The summed E-state index contributed by atoms with van der Waals surface area (Å²) in [4.78, 5) is 7.11. The topological polar surface area (TPSA) is 34.0 Å². The molecule has 0 bridgehead atoms. The van der Waals surface area contributed by atoms with Gasteiger partial charge in [-0.05, 0) is 51.3 Å². The Balaban J connectivity index is 1.62. The number of piperidine rings is 1. The lowest BCUT2D eigenvalue weighted by Gasteiger charge is -2.35. The van der Waals surface area contributed by atoms with Gasteiger partial charge in [-0.15, -0.1) is 0 Å². The Bertz CT molecular complexity index is 590. The van der Waals surface area contributed by atoms with Gasteiger partial charge in [-0.25, -0.2) is 0 Å². The molecule has 118 valence electrons. The highest BCUT2D eigenvalue weighted by Crippen LogP contribution is 2.23. The SMILES string of the molecule is Cc1nn(C)cc1CN1CCCC[C@H]1CCc1ccccn1. The first-order valence-electron chi connectivity index (χ1n) is 8.35. The summed E-state index contributed by atoms with van der Waals surface area (Å²) in [5.74, 6) is 0. The maximum atomic E-state index is 4.48. The van der Waals surface area contributed by atoms with E-state index in [1.165, 1.54) is 43.5 Å². The zero-order chi connectivity index (χ0) is 15.4. The van der Waals surface area contributed by atoms with Crippen LogP contribution in [0.25, 0.3) is 0 Å². The monoisotopic (exact) mass is 298 g/mol. The van der Waals surface area contributed by atoms with Gasteiger partial charge in [-0.2, -0.15) is 5.10 Å². The minimum Gasteiger partial charge on any atom is -0.296 e. The zero-order valence-electron chi connectivity index (χ0n) is 13.7. The molecule has 1 aliphatic rings. The quantitative estimate of drug-likeness (QED) is 0.850. The predicted molar refractivity (Wildman–Crippen MR) is 88.6 cm³/mol. The van der Waals surface area contributed by atoms with Crippen LogP contribution in [0.4, 0.5) is 0 Å². The molecule has 0 amide bonds. The Morgan fingerprint density at radius 3 is 2.91 bits per heavy atom. The first-order chi connectivity index (χ1) is 10.7. The second-order valence-electron chi connectivity index (χ2n) is 6.39. The van der Waals surface area contributed by atoms with E-state index in [9.17, 15) is 0 Å². The van der Waals surface area contributed by atoms with E-state index in [1.807, 2.05) is 24.0 Å².